The van der Waals surface area contributed by atoms with Crippen LogP contribution in [0.25, 0.3) is 0 Å². The number of nitrogens with one attached hydrogen (secondary N) is 1. The van der Waals surface area contributed by atoms with Crippen molar-refractivity contribution in [2.75, 3.05) is 13.7 Å². The van der Waals surface area contributed by atoms with E-state index in [0.29, 0.717) is 12.0 Å². The normalized spacial score (nSPS) is 24.4. The van der Waals surface area contributed by atoms with Crippen molar-refractivity contribution in [2.45, 2.75) is 69.4 Å². The van der Waals surface area contributed by atoms with Crippen LogP contribution in [0, 0.1) is 0 Å². The monoisotopic (exact) mass is 288 g/mol. The van der Waals surface area contributed by atoms with Crippen LogP contribution in [0.1, 0.15) is 62.6 Å². The number of methoxy groups -OCH3 is 1. The number of aromatic nitrogens is 1. The quantitative estimate of drug-likeness (QED) is 0.834. The molecule has 0 aromatic carbocycles. The first-order valence-electron chi connectivity index (χ1n) is 8.50. The van der Waals surface area contributed by atoms with Crippen molar-refractivity contribution in [3.63, 3.8) is 0 Å². The third kappa shape index (κ3) is 3.00. The van der Waals surface area contributed by atoms with Gasteiger partial charge in [-0.2, -0.15) is 0 Å². The second-order valence-corrected chi connectivity index (χ2v) is 6.70. The van der Waals surface area contributed by atoms with Gasteiger partial charge in [-0.15, -0.1) is 0 Å². The maximum Gasteiger partial charge on any atom is 0.0693 e. The molecule has 0 spiro atoms. The van der Waals surface area contributed by atoms with Crippen LogP contribution in [-0.2, 0) is 11.2 Å². The van der Waals surface area contributed by atoms with E-state index in [2.05, 4.69) is 29.4 Å². The molecule has 1 aromatic heterocycles. The Morgan fingerprint density at radius 1 is 1.48 bits per heavy atom. The Morgan fingerprint density at radius 2 is 2.33 bits per heavy atom. The van der Waals surface area contributed by atoms with E-state index in [1.54, 1.807) is 0 Å². The number of nitrogens with zero attached hydrogens (tertiary/aromatic N) is 1. The van der Waals surface area contributed by atoms with Gasteiger partial charge in [-0.3, -0.25) is 4.98 Å². The molecule has 2 unspecified atom stereocenters. The highest BCUT2D eigenvalue weighted by molar-refractivity contribution is 5.30. The standard InChI is InChI=1S/C18H28N2O/c1-3-11-19-16(13-18(21-2)9-5-10-18)15-8-7-14-6-4-12-20-17(14)15/h4,6,12,15-16,19H,3,5,7-11,13H2,1-2H3. The second kappa shape index (κ2) is 6.45. The van der Waals surface area contributed by atoms with Crippen LogP contribution in [0.2, 0.25) is 0 Å². The predicted molar refractivity (Wildman–Crippen MR) is 85.6 cm³/mol. The van der Waals surface area contributed by atoms with Crippen LogP contribution in [0.4, 0.5) is 0 Å². The molecule has 3 heteroatoms. The Bertz CT molecular complexity index is 465. The Labute approximate surface area is 128 Å². The Morgan fingerprint density at radius 3 is 3.00 bits per heavy atom. The lowest BCUT2D eigenvalue weighted by atomic mass is 9.73. The Hall–Kier alpha value is -0.930. The highest BCUT2D eigenvalue weighted by atomic mass is 16.5. The summed E-state index contributed by atoms with van der Waals surface area (Å²) in [4.78, 5) is 4.69. The minimum atomic E-state index is 0.128. The smallest absolute Gasteiger partial charge is 0.0693 e. The summed E-state index contributed by atoms with van der Waals surface area (Å²) in [5.41, 5.74) is 2.91. The van der Waals surface area contributed by atoms with Gasteiger partial charge in [-0.1, -0.05) is 13.0 Å². The lowest BCUT2D eigenvalue weighted by molar-refractivity contribution is -0.0850. The van der Waals surface area contributed by atoms with E-state index in [1.807, 2.05) is 13.3 Å². The lowest BCUT2D eigenvalue weighted by Gasteiger charge is -2.44. The third-order valence-electron chi connectivity index (χ3n) is 5.43. The number of rotatable bonds is 7. The van der Waals surface area contributed by atoms with E-state index < -0.39 is 0 Å². The van der Waals surface area contributed by atoms with Crippen molar-refractivity contribution in [3.05, 3.63) is 29.6 Å². The van der Waals surface area contributed by atoms with Gasteiger partial charge in [0.15, 0.2) is 0 Å². The SMILES string of the molecule is CCCNC(CC1(OC)CCC1)C1CCc2cccnc21. The summed E-state index contributed by atoms with van der Waals surface area (Å²) in [5.74, 6) is 0.556. The van der Waals surface area contributed by atoms with Crippen molar-refractivity contribution >= 4 is 0 Å². The fraction of sp³-hybridized carbons (Fsp3) is 0.722. The largest absolute Gasteiger partial charge is 0.378 e. The fourth-order valence-electron chi connectivity index (χ4n) is 3.99. The van der Waals surface area contributed by atoms with Gasteiger partial charge >= 0.3 is 0 Å². The number of aryl methyl sites for hydroxylation is 1. The van der Waals surface area contributed by atoms with E-state index >= 15 is 0 Å². The molecular formula is C18H28N2O. The third-order valence-corrected chi connectivity index (χ3v) is 5.43. The highest BCUT2D eigenvalue weighted by Crippen LogP contribution is 2.43. The summed E-state index contributed by atoms with van der Waals surface area (Å²) >= 11 is 0. The van der Waals surface area contributed by atoms with Gasteiger partial charge in [0, 0.05) is 31.0 Å². The summed E-state index contributed by atoms with van der Waals surface area (Å²) in [7, 11) is 1.89. The van der Waals surface area contributed by atoms with E-state index in [9.17, 15) is 0 Å². The molecule has 3 nitrogen and oxygen atoms in total. The van der Waals surface area contributed by atoms with Crippen LogP contribution >= 0.6 is 0 Å². The average molecular weight is 288 g/mol. The first-order valence-corrected chi connectivity index (χ1v) is 8.50. The number of hydrogen-bond donors (Lipinski definition) is 1. The molecule has 116 valence electrons. The summed E-state index contributed by atoms with van der Waals surface area (Å²) in [6.45, 7) is 3.32. The molecular weight excluding hydrogens is 260 g/mol. The van der Waals surface area contributed by atoms with Gasteiger partial charge in [0.25, 0.3) is 0 Å². The summed E-state index contributed by atoms with van der Waals surface area (Å²) < 4.78 is 5.87. The van der Waals surface area contributed by atoms with Crippen LogP contribution in [0.5, 0.6) is 0 Å². The van der Waals surface area contributed by atoms with Crippen LogP contribution in [0.3, 0.4) is 0 Å². The second-order valence-electron chi connectivity index (χ2n) is 6.70. The van der Waals surface area contributed by atoms with Crippen molar-refractivity contribution in [1.82, 2.24) is 10.3 Å². The minimum absolute atomic E-state index is 0.128. The molecule has 1 heterocycles. The molecule has 2 aliphatic carbocycles. The first kappa shape index (κ1) is 15.0. The first-order chi connectivity index (χ1) is 10.3. The van der Waals surface area contributed by atoms with Crippen LogP contribution in [0.15, 0.2) is 18.3 Å². The molecule has 0 saturated heterocycles. The molecule has 0 amide bonds. The van der Waals surface area contributed by atoms with E-state index in [-0.39, 0.29) is 5.60 Å². The van der Waals surface area contributed by atoms with Crippen molar-refractivity contribution in [2.24, 2.45) is 0 Å². The van der Waals surface area contributed by atoms with Gasteiger partial charge < -0.3 is 10.1 Å². The number of hydrogen-bond acceptors (Lipinski definition) is 3. The van der Waals surface area contributed by atoms with Crippen molar-refractivity contribution < 1.29 is 4.74 Å². The number of fused-ring (bicyclic) bond motifs is 1. The maximum atomic E-state index is 5.87. The summed E-state index contributed by atoms with van der Waals surface area (Å²) in [6, 6.07) is 4.81. The molecule has 0 bridgehead atoms. The topological polar surface area (TPSA) is 34.1 Å². The molecule has 2 aliphatic rings. The Kier molecular flexibility index (Phi) is 4.60. The molecule has 1 fully saturated rings. The van der Waals surface area contributed by atoms with Gasteiger partial charge in [0.05, 0.1) is 5.60 Å². The lowest BCUT2D eigenvalue weighted by Crippen LogP contribution is -2.48. The maximum absolute atomic E-state index is 5.87. The minimum Gasteiger partial charge on any atom is -0.378 e. The summed E-state index contributed by atoms with van der Waals surface area (Å²) in [6.07, 6.45) is 10.4. The molecule has 1 N–H and O–H groups in total. The van der Waals surface area contributed by atoms with Gasteiger partial charge in [-0.25, -0.2) is 0 Å². The zero-order valence-corrected chi connectivity index (χ0v) is 13.4. The Balaban J connectivity index is 1.76. The molecule has 21 heavy (non-hydrogen) atoms. The predicted octanol–water partition coefficient (Wildman–Crippen LogP) is 3.44. The molecule has 1 aromatic rings. The van der Waals surface area contributed by atoms with E-state index in [4.69, 9.17) is 4.74 Å². The van der Waals surface area contributed by atoms with Crippen LogP contribution < -0.4 is 5.32 Å². The molecule has 3 rings (SSSR count). The molecule has 0 aliphatic heterocycles. The average Bonchev–Trinajstić information content (AvgIpc) is 2.90. The van der Waals surface area contributed by atoms with Crippen molar-refractivity contribution in [1.29, 1.82) is 0 Å². The van der Waals surface area contributed by atoms with E-state index in [1.165, 1.54) is 49.8 Å². The summed E-state index contributed by atoms with van der Waals surface area (Å²) in [5, 5.41) is 3.79. The van der Waals surface area contributed by atoms with Gasteiger partial charge in [0.1, 0.15) is 0 Å². The molecule has 1 saturated carbocycles. The van der Waals surface area contributed by atoms with Gasteiger partial charge in [0.2, 0.25) is 0 Å². The zero-order valence-electron chi connectivity index (χ0n) is 13.4. The number of ether oxygens (including phenoxy) is 1. The fourth-order valence-corrected chi connectivity index (χ4v) is 3.99. The zero-order chi connectivity index (χ0) is 14.7. The molecule has 0 radical (unpaired) electrons. The molecule has 2 atom stereocenters. The highest BCUT2D eigenvalue weighted by Gasteiger charge is 2.42. The van der Waals surface area contributed by atoms with Crippen molar-refractivity contribution in [3.8, 4) is 0 Å². The van der Waals surface area contributed by atoms with Crippen LogP contribution in [-0.4, -0.2) is 30.3 Å². The number of pyridine rings is 1. The van der Waals surface area contributed by atoms with Gasteiger partial charge in [-0.05, 0) is 63.1 Å². The van der Waals surface area contributed by atoms with E-state index in [0.717, 1.165) is 13.0 Å².